The summed E-state index contributed by atoms with van der Waals surface area (Å²) in [7, 11) is 0. The smallest absolute Gasteiger partial charge is 0.341 e. The summed E-state index contributed by atoms with van der Waals surface area (Å²) in [6, 6.07) is 13.6. The average Bonchev–Trinajstić information content (AvgIpc) is 3.14. The normalized spacial score (nSPS) is 10.8. The lowest BCUT2D eigenvalue weighted by molar-refractivity contribution is -0.139. The highest BCUT2D eigenvalue weighted by Crippen LogP contribution is 2.28. The molecule has 0 fully saturated rings. The molecule has 170 valence electrons. The quantitative estimate of drug-likeness (QED) is 0.267. The first kappa shape index (κ1) is 23.7. The molecule has 0 aliphatic heterocycles. The fourth-order valence-electron chi connectivity index (χ4n) is 3.09. The molecule has 2 aromatic carbocycles. The standard InChI is InChI=1S/C25H29NO5S/c1-4-5-13-29-20-8-6-19(7-9-20)25-26-22(18(3)31-25)12-14-32-21-10-11-23(17(2)15-21)30-16-24(27)28/h6-11,15H,4-5,12-14,16H2,1-3H3,(H,27,28). The van der Waals surface area contributed by atoms with Crippen LogP contribution in [0.4, 0.5) is 0 Å². The Morgan fingerprint density at radius 2 is 1.91 bits per heavy atom. The van der Waals surface area contributed by atoms with E-state index in [0.717, 1.165) is 64.8 Å². The minimum absolute atomic E-state index is 0.338. The lowest BCUT2D eigenvalue weighted by Crippen LogP contribution is -2.10. The van der Waals surface area contributed by atoms with Gasteiger partial charge in [-0.15, -0.1) is 11.8 Å². The van der Waals surface area contributed by atoms with Gasteiger partial charge in [0.25, 0.3) is 0 Å². The maximum Gasteiger partial charge on any atom is 0.341 e. The van der Waals surface area contributed by atoms with Crippen molar-refractivity contribution in [2.24, 2.45) is 0 Å². The van der Waals surface area contributed by atoms with E-state index in [0.29, 0.717) is 11.6 Å². The minimum Gasteiger partial charge on any atom is -0.494 e. The summed E-state index contributed by atoms with van der Waals surface area (Å²) in [4.78, 5) is 16.5. The molecule has 0 saturated carbocycles. The number of carboxylic acids is 1. The molecular formula is C25H29NO5S. The van der Waals surface area contributed by atoms with Crippen LogP contribution in [0.25, 0.3) is 11.5 Å². The van der Waals surface area contributed by atoms with Crippen LogP contribution in [-0.2, 0) is 11.2 Å². The number of thioether (sulfide) groups is 1. The summed E-state index contributed by atoms with van der Waals surface area (Å²) >= 11 is 1.72. The minimum atomic E-state index is -0.985. The number of nitrogens with zero attached hydrogens (tertiary/aromatic N) is 1. The Bertz CT molecular complexity index is 1030. The maximum absolute atomic E-state index is 10.7. The van der Waals surface area contributed by atoms with Crippen LogP contribution in [0.3, 0.4) is 0 Å². The molecule has 6 nitrogen and oxygen atoms in total. The molecule has 0 atom stereocenters. The Morgan fingerprint density at radius 1 is 1.12 bits per heavy atom. The van der Waals surface area contributed by atoms with Crippen LogP contribution in [-0.4, -0.2) is 35.0 Å². The Balaban J connectivity index is 1.54. The van der Waals surface area contributed by atoms with Gasteiger partial charge >= 0.3 is 5.97 Å². The SMILES string of the molecule is CCCCOc1ccc(-c2nc(CCSc3ccc(OCC(=O)O)c(C)c3)c(C)o2)cc1. The molecule has 0 aliphatic rings. The van der Waals surface area contributed by atoms with Gasteiger partial charge in [0.1, 0.15) is 17.3 Å². The second-order valence-corrected chi connectivity index (χ2v) is 8.62. The number of carbonyl (C=O) groups is 1. The van der Waals surface area contributed by atoms with Crippen LogP contribution in [0.5, 0.6) is 11.5 Å². The monoisotopic (exact) mass is 455 g/mol. The number of ether oxygens (including phenoxy) is 2. The number of rotatable bonds is 12. The molecule has 7 heteroatoms. The largest absolute Gasteiger partial charge is 0.494 e. The van der Waals surface area contributed by atoms with Crippen LogP contribution in [0, 0.1) is 13.8 Å². The third kappa shape index (κ3) is 6.79. The van der Waals surface area contributed by atoms with Crippen molar-refractivity contribution in [2.45, 2.75) is 44.9 Å². The van der Waals surface area contributed by atoms with Crippen LogP contribution < -0.4 is 9.47 Å². The average molecular weight is 456 g/mol. The van der Waals surface area contributed by atoms with Crippen molar-refractivity contribution in [3.63, 3.8) is 0 Å². The van der Waals surface area contributed by atoms with E-state index in [4.69, 9.17) is 24.0 Å². The van der Waals surface area contributed by atoms with Crippen molar-refractivity contribution in [3.05, 3.63) is 59.5 Å². The molecule has 0 spiro atoms. The van der Waals surface area contributed by atoms with E-state index in [1.54, 1.807) is 11.8 Å². The molecule has 0 radical (unpaired) electrons. The van der Waals surface area contributed by atoms with Gasteiger partial charge in [-0.2, -0.15) is 0 Å². The molecule has 1 N–H and O–H groups in total. The first-order valence-corrected chi connectivity index (χ1v) is 11.7. The number of oxazole rings is 1. The molecule has 0 saturated heterocycles. The first-order valence-electron chi connectivity index (χ1n) is 10.7. The van der Waals surface area contributed by atoms with Gasteiger partial charge in [-0.1, -0.05) is 13.3 Å². The van der Waals surface area contributed by atoms with Crippen LogP contribution in [0.1, 0.15) is 36.8 Å². The fraction of sp³-hybridized carbons (Fsp3) is 0.360. The lowest BCUT2D eigenvalue weighted by atomic mass is 10.2. The van der Waals surface area contributed by atoms with Crippen molar-refractivity contribution in [1.82, 2.24) is 4.98 Å². The van der Waals surface area contributed by atoms with Gasteiger partial charge in [-0.25, -0.2) is 9.78 Å². The molecule has 3 rings (SSSR count). The fourth-order valence-corrected chi connectivity index (χ4v) is 4.05. The highest BCUT2D eigenvalue weighted by atomic mass is 32.2. The van der Waals surface area contributed by atoms with E-state index in [-0.39, 0.29) is 6.61 Å². The number of aromatic nitrogens is 1. The number of hydrogen-bond acceptors (Lipinski definition) is 6. The second kappa shape index (κ2) is 11.6. The summed E-state index contributed by atoms with van der Waals surface area (Å²) in [5.41, 5.74) is 2.80. The Kier molecular flexibility index (Phi) is 8.62. The summed E-state index contributed by atoms with van der Waals surface area (Å²) in [5, 5.41) is 8.75. The van der Waals surface area contributed by atoms with Gasteiger partial charge in [0.15, 0.2) is 6.61 Å². The van der Waals surface area contributed by atoms with Crippen molar-refractivity contribution in [2.75, 3.05) is 19.0 Å². The summed E-state index contributed by atoms with van der Waals surface area (Å²) in [6.45, 7) is 6.39. The zero-order chi connectivity index (χ0) is 22.9. The van der Waals surface area contributed by atoms with Gasteiger partial charge in [-0.05, 0) is 68.3 Å². The van der Waals surface area contributed by atoms with E-state index < -0.39 is 5.97 Å². The zero-order valence-electron chi connectivity index (χ0n) is 18.7. The Hall–Kier alpha value is -2.93. The van der Waals surface area contributed by atoms with Gasteiger partial charge in [-0.3, -0.25) is 0 Å². The summed E-state index contributed by atoms with van der Waals surface area (Å²) < 4.78 is 16.9. The van der Waals surface area contributed by atoms with Crippen LogP contribution in [0.2, 0.25) is 0 Å². The molecule has 0 amide bonds. The van der Waals surface area contributed by atoms with E-state index in [2.05, 4.69) is 6.92 Å². The third-order valence-corrected chi connectivity index (χ3v) is 5.86. The molecule has 3 aromatic rings. The highest BCUT2D eigenvalue weighted by molar-refractivity contribution is 7.99. The highest BCUT2D eigenvalue weighted by Gasteiger charge is 2.12. The van der Waals surface area contributed by atoms with Gasteiger partial charge in [0.05, 0.1) is 12.3 Å². The van der Waals surface area contributed by atoms with Gasteiger partial charge in [0.2, 0.25) is 5.89 Å². The number of aryl methyl sites for hydroxylation is 3. The van der Waals surface area contributed by atoms with Crippen molar-refractivity contribution >= 4 is 17.7 Å². The van der Waals surface area contributed by atoms with E-state index >= 15 is 0 Å². The molecule has 1 aromatic heterocycles. The van der Waals surface area contributed by atoms with Crippen LogP contribution >= 0.6 is 11.8 Å². The van der Waals surface area contributed by atoms with Gasteiger partial charge in [0, 0.05) is 22.6 Å². The molecule has 1 heterocycles. The summed E-state index contributed by atoms with van der Waals surface area (Å²) in [5.74, 6) is 2.77. The predicted octanol–water partition coefficient (Wildman–Crippen LogP) is 5.94. The molecule has 0 aliphatic carbocycles. The number of aliphatic carboxylic acids is 1. The molecule has 0 bridgehead atoms. The second-order valence-electron chi connectivity index (χ2n) is 7.46. The number of benzene rings is 2. The molecule has 0 unspecified atom stereocenters. The summed E-state index contributed by atoms with van der Waals surface area (Å²) in [6.07, 6.45) is 2.94. The molecule has 32 heavy (non-hydrogen) atoms. The van der Waals surface area contributed by atoms with E-state index in [1.807, 2.05) is 56.3 Å². The zero-order valence-corrected chi connectivity index (χ0v) is 19.5. The van der Waals surface area contributed by atoms with Crippen molar-refractivity contribution < 1.29 is 23.8 Å². The van der Waals surface area contributed by atoms with Gasteiger partial charge < -0.3 is 19.0 Å². The lowest BCUT2D eigenvalue weighted by Gasteiger charge is -2.08. The topological polar surface area (TPSA) is 81.8 Å². The van der Waals surface area contributed by atoms with E-state index in [1.165, 1.54) is 0 Å². The maximum atomic E-state index is 10.7. The number of carboxylic acid groups (broad SMARTS) is 1. The van der Waals surface area contributed by atoms with Crippen LogP contribution in [0.15, 0.2) is 51.8 Å². The Labute approximate surface area is 193 Å². The van der Waals surface area contributed by atoms with Crippen molar-refractivity contribution in [1.29, 1.82) is 0 Å². The predicted molar refractivity (Wildman–Crippen MR) is 126 cm³/mol. The number of hydrogen-bond donors (Lipinski definition) is 1. The molecular weight excluding hydrogens is 426 g/mol. The Morgan fingerprint density at radius 3 is 2.59 bits per heavy atom. The first-order chi connectivity index (χ1) is 15.5. The number of unbranched alkanes of at least 4 members (excludes halogenated alkanes) is 1. The third-order valence-electron chi connectivity index (χ3n) is 4.87. The van der Waals surface area contributed by atoms with Crippen molar-refractivity contribution in [3.8, 4) is 23.0 Å². The van der Waals surface area contributed by atoms with E-state index in [9.17, 15) is 4.79 Å².